The van der Waals surface area contributed by atoms with Gasteiger partial charge in [-0.15, -0.1) is 0 Å². The highest BCUT2D eigenvalue weighted by Crippen LogP contribution is 2.30. The maximum Gasteiger partial charge on any atom is 0.227 e. The number of ether oxygens (including phenoxy) is 1. The summed E-state index contributed by atoms with van der Waals surface area (Å²) in [7, 11) is 1.86. The van der Waals surface area contributed by atoms with Gasteiger partial charge >= 0.3 is 0 Å². The van der Waals surface area contributed by atoms with Crippen LogP contribution in [0.5, 0.6) is 11.6 Å². The minimum atomic E-state index is 0.627. The Labute approximate surface area is 125 Å². The number of benzene rings is 1. The Morgan fingerprint density at radius 2 is 1.81 bits per heavy atom. The molecule has 0 radical (unpaired) electrons. The third kappa shape index (κ3) is 2.84. The molecule has 1 aliphatic carbocycles. The van der Waals surface area contributed by atoms with Gasteiger partial charge in [-0.05, 0) is 62.8 Å². The first-order valence-electron chi connectivity index (χ1n) is 7.50. The van der Waals surface area contributed by atoms with Crippen molar-refractivity contribution < 1.29 is 4.74 Å². The Morgan fingerprint density at radius 3 is 2.57 bits per heavy atom. The van der Waals surface area contributed by atoms with Gasteiger partial charge in [0.2, 0.25) is 5.88 Å². The summed E-state index contributed by atoms with van der Waals surface area (Å²) in [6.07, 6.45) is 4.90. The number of nitrogens with zero attached hydrogens (tertiary/aromatic N) is 2. The first kappa shape index (κ1) is 13.9. The number of hydrogen-bond donors (Lipinski definition) is 1. The van der Waals surface area contributed by atoms with Gasteiger partial charge in [-0.2, -0.15) is 4.98 Å². The van der Waals surface area contributed by atoms with E-state index in [1.54, 1.807) is 0 Å². The summed E-state index contributed by atoms with van der Waals surface area (Å²) in [6, 6.07) is 6.39. The summed E-state index contributed by atoms with van der Waals surface area (Å²) in [5, 5.41) is 3.08. The lowest BCUT2D eigenvalue weighted by Gasteiger charge is -2.17. The molecule has 2 aromatic rings. The van der Waals surface area contributed by atoms with Crippen molar-refractivity contribution in [3.63, 3.8) is 0 Å². The topological polar surface area (TPSA) is 47.0 Å². The molecule has 4 nitrogen and oxygen atoms in total. The molecule has 0 unspecified atom stereocenters. The molecule has 0 atom stereocenters. The van der Waals surface area contributed by atoms with Crippen LogP contribution in [0, 0.1) is 13.8 Å². The summed E-state index contributed by atoms with van der Waals surface area (Å²) in [4.78, 5) is 8.78. The quantitative estimate of drug-likeness (QED) is 0.930. The number of aryl methyl sites for hydroxylation is 3. The van der Waals surface area contributed by atoms with E-state index in [2.05, 4.69) is 27.4 Å². The lowest BCUT2D eigenvalue weighted by Crippen LogP contribution is -2.04. The summed E-state index contributed by atoms with van der Waals surface area (Å²) in [5.41, 5.74) is 3.80. The van der Waals surface area contributed by atoms with Crippen LogP contribution in [0.1, 0.15) is 35.4 Å². The standard InChI is InChI=1S/C17H21N3O/c1-11-16(18-3)19-12(2)20-17(11)21-15-9-8-13-6-4-5-7-14(13)10-15/h8-10H,4-7H2,1-3H3,(H,18,19,20). The van der Waals surface area contributed by atoms with Gasteiger partial charge in [0.25, 0.3) is 0 Å². The molecule has 0 saturated carbocycles. The first-order valence-corrected chi connectivity index (χ1v) is 7.50. The molecule has 1 N–H and O–H groups in total. The van der Waals surface area contributed by atoms with E-state index in [1.807, 2.05) is 27.0 Å². The average Bonchev–Trinajstić information content (AvgIpc) is 2.50. The zero-order valence-electron chi connectivity index (χ0n) is 12.9. The molecule has 0 fully saturated rings. The van der Waals surface area contributed by atoms with Gasteiger partial charge in [-0.3, -0.25) is 0 Å². The van der Waals surface area contributed by atoms with Gasteiger partial charge in [0.1, 0.15) is 17.4 Å². The summed E-state index contributed by atoms with van der Waals surface area (Å²) < 4.78 is 6.01. The van der Waals surface area contributed by atoms with Gasteiger partial charge in [0.05, 0.1) is 5.56 Å². The van der Waals surface area contributed by atoms with E-state index in [-0.39, 0.29) is 0 Å². The van der Waals surface area contributed by atoms with Crippen molar-refractivity contribution in [1.82, 2.24) is 9.97 Å². The van der Waals surface area contributed by atoms with E-state index in [0.29, 0.717) is 11.7 Å². The van der Waals surface area contributed by atoms with Crippen LogP contribution in [0.3, 0.4) is 0 Å². The van der Waals surface area contributed by atoms with Gasteiger partial charge in [-0.25, -0.2) is 4.98 Å². The van der Waals surface area contributed by atoms with Crippen molar-refractivity contribution in [1.29, 1.82) is 0 Å². The van der Waals surface area contributed by atoms with E-state index in [1.165, 1.54) is 30.4 Å². The zero-order chi connectivity index (χ0) is 14.8. The summed E-state index contributed by atoms with van der Waals surface area (Å²) in [5.74, 6) is 3.01. The molecule has 0 amide bonds. The molecule has 4 heteroatoms. The number of fused-ring (bicyclic) bond motifs is 1. The molecule has 0 saturated heterocycles. The molecule has 1 aromatic heterocycles. The molecule has 0 aliphatic heterocycles. The molecule has 0 spiro atoms. The van der Waals surface area contributed by atoms with Crippen LogP contribution >= 0.6 is 0 Å². The van der Waals surface area contributed by atoms with Gasteiger partial charge in [0.15, 0.2) is 0 Å². The van der Waals surface area contributed by atoms with Gasteiger partial charge in [-0.1, -0.05) is 6.07 Å². The molecule has 1 aliphatic rings. The van der Waals surface area contributed by atoms with E-state index in [0.717, 1.165) is 23.6 Å². The maximum absolute atomic E-state index is 6.01. The monoisotopic (exact) mass is 283 g/mol. The second kappa shape index (κ2) is 5.72. The average molecular weight is 283 g/mol. The first-order chi connectivity index (χ1) is 10.2. The largest absolute Gasteiger partial charge is 0.439 e. The number of hydrogen-bond acceptors (Lipinski definition) is 4. The zero-order valence-corrected chi connectivity index (χ0v) is 12.9. The van der Waals surface area contributed by atoms with Crippen molar-refractivity contribution in [2.75, 3.05) is 12.4 Å². The Hall–Kier alpha value is -2.10. The lowest BCUT2D eigenvalue weighted by molar-refractivity contribution is 0.454. The van der Waals surface area contributed by atoms with Gasteiger partial charge in [0, 0.05) is 7.05 Å². The van der Waals surface area contributed by atoms with Crippen LogP contribution in [0.15, 0.2) is 18.2 Å². The molecule has 21 heavy (non-hydrogen) atoms. The Morgan fingerprint density at radius 1 is 1.05 bits per heavy atom. The highest BCUT2D eigenvalue weighted by molar-refractivity contribution is 5.49. The van der Waals surface area contributed by atoms with E-state index in [9.17, 15) is 0 Å². The Balaban J connectivity index is 1.91. The molecule has 0 bridgehead atoms. The lowest BCUT2D eigenvalue weighted by atomic mass is 9.92. The predicted octanol–water partition coefficient (Wildman–Crippen LogP) is 3.81. The normalized spacial score (nSPS) is 13.7. The van der Waals surface area contributed by atoms with Crippen molar-refractivity contribution >= 4 is 5.82 Å². The van der Waals surface area contributed by atoms with Crippen LogP contribution < -0.4 is 10.1 Å². The summed E-state index contributed by atoms with van der Waals surface area (Å²) >= 11 is 0. The molecular formula is C17H21N3O. The number of anilines is 1. The van der Waals surface area contributed by atoms with Gasteiger partial charge < -0.3 is 10.1 Å². The Kier molecular flexibility index (Phi) is 3.78. The Bertz CT molecular complexity index is 667. The maximum atomic E-state index is 6.01. The molecule has 3 rings (SSSR count). The van der Waals surface area contributed by atoms with E-state index in [4.69, 9.17) is 4.74 Å². The van der Waals surface area contributed by atoms with Crippen molar-refractivity contribution in [3.05, 3.63) is 40.7 Å². The SMILES string of the molecule is CNc1nc(C)nc(Oc2ccc3c(c2)CCCC3)c1C. The highest BCUT2D eigenvalue weighted by atomic mass is 16.5. The third-order valence-corrected chi connectivity index (χ3v) is 3.98. The minimum Gasteiger partial charge on any atom is -0.439 e. The molecule has 1 aromatic carbocycles. The molecule has 1 heterocycles. The van der Waals surface area contributed by atoms with Crippen LogP contribution in [0.4, 0.5) is 5.82 Å². The van der Waals surface area contributed by atoms with Crippen molar-refractivity contribution in [3.8, 4) is 11.6 Å². The van der Waals surface area contributed by atoms with Crippen LogP contribution in [0.2, 0.25) is 0 Å². The third-order valence-electron chi connectivity index (χ3n) is 3.98. The fourth-order valence-electron chi connectivity index (χ4n) is 2.83. The van der Waals surface area contributed by atoms with Crippen molar-refractivity contribution in [2.24, 2.45) is 0 Å². The van der Waals surface area contributed by atoms with Crippen LogP contribution in [-0.2, 0) is 12.8 Å². The fraction of sp³-hybridized carbons (Fsp3) is 0.412. The molecular weight excluding hydrogens is 262 g/mol. The number of rotatable bonds is 3. The van der Waals surface area contributed by atoms with E-state index < -0.39 is 0 Å². The second-order valence-electron chi connectivity index (χ2n) is 5.54. The van der Waals surface area contributed by atoms with E-state index >= 15 is 0 Å². The number of nitrogens with one attached hydrogen (secondary N) is 1. The molecule has 110 valence electrons. The fourth-order valence-corrected chi connectivity index (χ4v) is 2.83. The summed E-state index contributed by atoms with van der Waals surface area (Å²) in [6.45, 7) is 3.85. The van der Waals surface area contributed by atoms with Crippen LogP contribution in [-0.4, -0.2) is 17.0 Å². The van der Waals surface area contributed by atoms with Crippen LogP contribution in [0.25, 0.3) is 0 Å². The number of aromatic nitrogens is 2. The smallest absolute Gasteiger partial charge is 0.227 e. The minimum absolute atomic E-state index is 0.627. The predicted molar refractivity (Wildman–Crippen MR) is 84.2 cm³/mol. The highest BCUT2D eigenvalue weighted by Gasteiger charge is 2.13. The second-order valence-corrected chi connectivity index (χ2v) is 5.54. The van der Waals surface area contributed by atoms with Crippen molar-refractivity contribution in [2.45, 2.75) is 39.5 Å².